The molecule has 1 amide bonds. The van der Waals surface area contributed by atoms with E-state index in [9.17, 15) is 14.9 Å². The lowest BCUT2D eigenvalue weighted by molar-refractivity contribution is -0.384. The molecule has 9 heteroatoms. The maximum Gasteiger partial charge on any atom is 0.289 e. The van der Waals surface area contributed by atoms with Gasteiger partial charge in [-0.05, 0) is 12.1 Å². The van der Waals surface area contributed by atoms with Gasteiger partial charge in [-0.25, -0.2) is 5.43 Å². The number of carbonyl (C=O) groups excluding carboxylic acids is 1. The number of aromatic nitrogens is 3. The predicted octanol–water partition coefficient (Wildman–Crippen LogP) is 2.14. The molecule has 1 aromatic carbocycles. The molecule has 3 aromatic rings. The van der Waals surface area contributed by atoms with Gasteiger partial charge in [0.25, 0.3) is 11.6 Å². The molecule has 0 fully saturated rings. The number of hydrogen-bond acceptors (Lipinski definition) is 6. The summed E-state index contributed by atoms with van der Waals surface area (Å²) in [6, 6.07) is 11.0. The van der Waals surface area contributed by atoms with Crippen LogP contribution in [0.2, 0.25) is 0 Å². The Kier molecular flexibility index (Phi) is 4.56. The van der Waals surface area contributed by atoms with E-state index < -0.39 is 10.8 Å². The number of amides is 1. The van der Waals surface area contributed by atoms with Crippen LogP contribution in [0, 0.1) is 10.1 Å². The average molecular weight is 336 g/mol. The molecule has 0 radical (unpaired) electrons. The summed E-state index contributed by atoms with van der Waals surface area (Å²) in [7, 11) is 0. The zero-order valence-electron chi connectivity index (χ0n) is 12.8. The van der Waals surface area contributed by atoms with Crippen molar-refractivity contribution < 1.29 is 9.72 Å². The summed E-state index contributed by atoms with van der Waals surface area (Å²) in [4.78, 5) is 26.3. The number of nitrogens with one attached hydrogen (secondary N) is 2. The molecule has 2 N–H and O–H groups in total. The van der Waals surface area contributed by atoms with Crippen LogP contribution < -0.4 is 5.43 Å². The van der Waals surface area contributed by atoms with Crippen LogP contribution in [0.4, 0.5) is 5.69 Å². The number of rotatable bonds is 5. The first-order valence-corrected chi connectivity index (χ1v) is 7.17. The number of aromatic amines is 1. The minimum Gasteiger partial charge on any atom is -0.272 e. The van der Waals surface area contributed by atoms with Crippen LogP contribution in [0.3, 0.4) is 0 Å². The van der Waals surface area contributed by atoms with Gasteiger partial charge in [0.2, 0.25) is 0 Å². The van der Waals surface area contributed by atoms with Crippen LogP contribution in [-0.2, 0) is 0 Å². The van der Waals surface area contributed by atoms with Crippen LogP contribution in [0.25, 0.3) is 11.3 Å². The van der Waals surface area contributed by atoms with E-state index >= 15 is 0 Å². The molecule has 0 aliphatic rings. The van der Waals surface area contributed by atoms with Crippen LogP contribution in [0.1, 0.15) is 16.1 Å². The first-order valence-electron chi connectivity index (χ1n) is 7.17. The molecule has 0 atom stereocenters. The number of pyridine rings is 1. The Morgan fingerprint density at radius 1 is 1.28 bits per heavy atom. The number of nitro benzene ring substituents is 1. The van der Waals surface area contributed by atoms with Crippen molar-refractivity contribution in [2.24, 2.45) is 5.10 Å². The van der Waals surface area contributed by atoms with Gasteiger partial charge in [-0.2, -0.15) is 10.2 Å². The summed E-state index contributed by atoms with van der Waals surface area (Å²) in [6.07, 6.45) is 4.70. The van der Waals surface area contributed by atoms with E-state index in [1.54, 1.807) is 36.7 Å². The van der Waals surface area contributed by atoms with Crippen LogP contribution in [-0.4, -0.2) is 32.2 Å². The quantitative estimate of drug-likeness (QED) is 0.419. The third-order valence-electron chi connectivity index (χ3n) is 3.24. The van der Waals surface area contributed by atoms with E-state index in [-0.39, 0.29) is 11.4 Å². The highest BCUT2D eigenvalue weighted by Crippen LogP contribution is 2.22. The second kappa shape index (κ2) is 7.13. The lowest BCUT2D eigenvalue weighted by atomic mass is 10.1. The van der Waals surface area contributed by atoms with Gasteiger partial charge in [0.15, 0.2) is 0 Å². The fraction of sp³-hybridized carbons (Fsp3) is 0. The van der Waals surface area contributed by atoms with E-state index in [0.29, 0.717) is 11.3 Å². The number of nitrogens with zero attached hydrogens (tertiary/aromatic N) is 4. The maximum absolute atomic E-state index is 12.0. The summed E-state index contributed by atoms with van der Waals surface area (Å²) in [6.45, 7) is 0. The Morgan fingerprint density at radius 3 is 2.92 bits per heavy atom. The number of hydrazone groups is 1. The van der Waals surface area contributed by atoms with Gasteiger partial charge in [-0.15, -0.1) is 0 Å². The van der Waals surface area contributed by atoms with Gasteiger partial charge in [0.1, 0.15) is 5.69 Å². The van der Waals surface area contributed by atoms with Gasteiger partial charge < -0.3 is 0 Å². The van der Waals surface area contributed by atoms with Gasteiger partial charge >= 0.3 is 0 Å². The second-order valence-corrected chi connectivity index (χ2v) is 4.96. The Bertz CT molecular complexity index is 936. The lowest BCUT2D eigenvalue weighted by Gasteiger charge is -1.96. The van der Waals surface area contributed by atoms with E-state index in [1.165, 1.54) is 24.4 Å². The van der Waals surface area contributed by atoms with Crippen molar-refractivity contribution in [2.75, 3.05) is 0 Å². The molecule has 124 valence electrons. The largest absolute Gasteiger partial charge is 0.289 e. The lowest BCUT2D eigenvalue weighted by Crippen LogP contribution is -2.18. The predicted molar refractivity (Wildman–Crippen MR) is 90.0 cm³/mol. The number of hydrogen-bond donors (Lipinski definition) is 2. The molecule has 0 unspecified atom stereocenters. The first-order chi connectivity index (χ1) is 12.1. The molecule has 0 aliphatic carbocycles. The zero-order chi connectivity index (χ0) is 17.6. The molecule has 2 aromatic heterocycles. The standard InChI is InChI=1S/C16H12N6O3/c23-16(21-18-10-11-3-2-6-17-9-11)15-8-14(19-20-15)12-4-1-5-13(7-12)22(24)25/h1-10H,(H,19,20)(H,21,23). The fourth-order valence-electron chi connectivity index (χ4n) is 2.04. The highest BCUT2D eigenvalue weighted by Gasteiger charge is 2.13. The molecular formula is C16H12N6O3. The average Bonchev–Trinajstić information content (AvgIpc) is 3.13. The van der Waals surface area contributed by atoms with Crippen molar-refractivity contribution in [3.63, 3.8) is 0 Å². The van der Waals surface area contributed by atoms with Gasteiger partial charge in [0.05, 0.1) is 16.8 Å². The smallest absolute Gasteiger partial charge is 0.272 e. The highest BCUT2D eigenvalue weighted by atomic mass is 16.6. The molecule has 9 nitrogen and oxygen atoms in total. The molecule has 25 heavy (non-hydrogen) atoms. The molecule has 0 saturated carbocycles. The molecular weight excluding hydrogens is 324 g/mol. The molecule has 2 heterocycles. The summed E-state index contributed by atoms with van der Waals surface area (Å²) < 4.78 is 0. The monoisotopic (exact) mass is 336 g/mol. The second-order valence-electron chi connectivity index (χ2n) is 4.96. The number of nitro groups is 1. The molecule has 0 saturated heterocycles. The topological polar surface area (TPSA) is 126 Å². The van der Waals surface area contributed by atoms with E-state index in [1.807, 2.05) is 0 Å². The summed E-state index contributed by atoms with van der Waals surface area (Å²) >= 11 is 0. The Morgan fingerprint density at radius 2 is 2.16 bits per heavy atom. The number of benzene rings is 1. The van der Waals surface area contributed by atoms with Crippen molar-refractivity contribution in [3.05, 3.63) is 76.2 Å². The number of carbonyl (C=O) groups is 1. The Balaban J connectivity index is 1.70. The third kappa shape index (κ3) is 3.91. The van der Waals surface area contributed by atoms with Crippen molar-refractivity contribution in [2.45, 2.75) is 0 Å². The SMILES string of the molecule is O=C(NN=Cc1cccnc1)c1cc(-c2cccc([N+](=O)[O-])c2)n[nH]1. The summed E-state index contributed by atoms with van der Waals surface area (Å²) in [5.41, 5.74) is 4.19. The van der Waals surface area contributed by atoms with Gasteiger partial charge in [0, 0.05) is 35.7 Å². The highest BCUT2D eigenvalue weighted by molar-refractivity contribution is 5.94. The van der Waals surface area contributed by atoms with E-state index in [2.05, 4.69) is 25.7 Å². The molecule has 0 bridgehead atoms. The Hall–Kier alpha value is -3.88. The van der Waals surface area contributed by atoms with Gasteiger partial charge in [-0.1, -0.05) is 18.2 Å². The van der Waals surface area contributed by atoms with Crippen molar-refractivity contribution in [1.29, 1.82) is 0 Å². The van der Waals surface area contributed by atoms with Crippen LogP contribution in [0.5, 0.6) is 0 Å². The first kappa shape index (κ1) is 16.0. The number of H-pyrrole nitrogens is 1. The van der Waals surface area contributed by atoms with Crippen molar-refractivity contribution in [1.82, 2.24) is 20.6 Å². The maximum atomic E-state index is 12.0. The Labute approximate surface area is 141 Å². The molecule has 3 rings (SSSR count). The van der Waals surface area contributed by atoms with Crippen molar-refractivity contribution >= 4 is 17.8 Å². The van der Waals surface area contributed by atoms with Gasteiger partial charge in [-0.3, -0.25) is 25.0 Å². The normalized spacial score (nSPS) is 10.7. The van der Waals surface area contributed by atoms with E-state index in [4.69, 9.17) is 0 Å². The van der Waals surface area contributed by atoms with Crippen LogP contribution >= 0.6 is 0 Å². The minimum atomic E-state index is -0.489. The van der Waals surface area contributed by atoms with E-state index in [0.717, 1.165) is 5.56 Å². The number of non-ortho nitro benzene ring substituents is 1. The summed E-state index contributed by atoms with van der Waals surface area (Å²) in [5.74, 6) is -0.482. The van der Waals surface area contributed by atoms with Crippen LogP contribution in [0.15, 0.2) is 60.0 Å². The third-order valence-corrected chi connectivity index (χ3v) is 3.24. The minimum absolute atomic E-state index is 0.0485. The molecule has 0 spiro atoms. The summed E-state index contributed by atoms with van der Waals surface area (Å²) in [5, 5.41) is 21.2. The fourth-order valence-corrected chi connectivity index (χ4v) is 2.04. The van der Waals surface area contributed by atoms with Crippen molar-refractivity contribution in [3.8, 4) is 11.3 Å². The zero-order valence-corrected chi connectivity index (χ0v) is 12.8. The molecule has 0 aliphatic heterocycles.